The van der Waals surface area contributed by atoms with Crippen LogP contribution in [0.5, 0.6) is 0 Å². The molecular weight excluding hydrogens is 366 g/mol. The number of hydrogen-bond donors (Lipinski definition) is 1. The smallest absolute Gasteiger partial charge is 0.273 e. The van der Waals surface area contributed by atoms with Crippen LogP contribution in [0.4, 0.5) is 0 Å². The highest BCUT2D eigenvalue weighted by atomic mass is 32.2. The Morgan fingerprint density at radius 3 is 2.56 bits per heavy atom. The molecule has 1 aromatic heterocycles. The van der Waals surface area contributed by atoms with E-state index in [2.05, 4.69) is 20.4 Å². The van der Waals surface area contributed by atoms with E-state index < -0.39 is 15.9 Å². The first-order valence-electron chi connectivity index (χ1n) is 9.25. The Balaban J connectivity index is 1.48. The molecule has 2 aromatic rings. The van der Waals surface area contributed by atoms with Crippen LogP contribution in [0.15, 0.2) is 36.5 Å². The van der Waals surface area contributed by atoms with Crippen molar-refractivity contribution in [3.8, 4) is 5.69 Å². The van der Waals surface area contributed by atoms with Gasteiger partial charge in [-0.05, 0) is 38.1 Å². The van der Waals surface area contributed by atoms with Crippen molar-refractivity contribution in [1.29, 1.82) is 0 Å². The Hall–Kier alpha value is -2.26. The van der Waals surface area contributed by atoms with E-state index in [1.807, 2.05) is 30.3 Å². The number of amides is 1. The Kier molecular flexibility index (Phi) is 4.96. The highest BCUT2D eigenvalue weighted by Crippen LogP contribution is 2.22. The summed E-state index contributed by atoms with van der Waals surface area (Å²) in [4.78, 5) is 16.2. The molecule has 2 saturated heterocycles. The number of nitrogens with zero attached hydrogens (tertiary/aromatic N) is 4. The molecule has 0 unspecified atom stereocenters. The van der Waals surface area contributed by atoms with Gasteiger partial charge in [-0.3, -0.25) is 9.69 Å². The second-order valence-corrected chi connectivity index (χ2v) is 9.33. The number of sulfone groups is 1. The standard InChI is InChI=1S/C18H23N5O3S/c24-18(15-11-19-23(21-15)14-7-3-1-4-8-14)20-16-12-27(25,26)13-17(16)22-9-5-2-6-10-22/h1,3-4,7-8,11,16-17H,2,5-6,9-10,12-13H2,(H,20,24)/t16-,17-/m0/s1. The van der Waals surface area contributed by atoms with E-state index in [-0.39, 0.29) is 29.1 Å². The van der Waals surface area contributed by atoms with Gasteiger partial charge in [0.05, 0.1) is 29.4 Å². The fraction of sp³-hybridized carbons (Fsp3) is 0.500. The summed E-state index contributed by atoms with van der Waals surface area (Å²) in [6.45, 7) is 1.77. The lowest BCUT2D eigenvalue weighted by molar-refractivity contribution is 0.0894. The average molecular weight is 389 g/mol. The molecule has 0 bridgehead atoms. The van der Waals surface area contributed by atoms with Gasteiger partial charge in [0.2, 0.25) is 0 Å². The number of piperidine rings is 1. The van der Waals surface area contributed by atoms with E-state index >= 15 is 0 Å². The topological polar surface area (TPSA) is 97.2 Å². The zero-order chi connectivity index (χ0) is 18.9. The number of aromatic nitrogens is 3. The molecule has 8 nitrogen and oxygen atoms in total. The van der Waals surface area contributed by atoms with Crippen LogP contribution in [-0.2, 0) is 9.84 Å². The number of benzene rings is 1. The second-order valence-electron chi connectivity index (χ2n) is 7.18. The molecular formula is C18H23N5O3S. The molecule has 2 fully saturated rings. The highest BCUT2D eigenvalue weighted by Gasteiger charge is 2.42. The summed E-state index contributed by atoms with van der Waals surface area (Å²) in [7, 11) is -3.16. The summed E-state index contributed by atoms with van der Waals surface area (Å²) in [5.41, 5.74) is 0.937. The molecule has 1 amide bonds. The number of rotatable bonds is 4. The molecule has 0 spiro atoms. The largest absolute Gasteiger partial charge is 0.345 e. The van der Waals surface area contributed by atoms with Gasteiger partial charge in [0, 0.05) is 6.04 Å². The number of carbonyl (C=O) groups excluding carboxylic acids is 1. The van der Waals surface area contributed by atoms with Crippen molar-refractivity contribution in [3.63, 3.8) is 0 Å². The van der Waals surface area contributed by atoms with E-state index in [4.69, 9.17) is 0 Å². The van der Waals surface area contributed by atoms with Gasteiger partial charge in [-0.15, -0.1) is 5.10 Å². The molecule has 9 heteroatoms. The van der Waals surface area contributed by atoms with E-state index in [0.29, 0.717) is 0 Å². The van der Waals surface area contributed by atoms with Gasteiger partial charge >= 0.3 is 0 Å². The summed E-state index contributed by atoms with van der Waals surface area (Å²) in [5, 5.41) is 11.2. The molecule has 144 valence electrons. The molecule has 1 N–H and O–H groups in total. The average Bonchev–Trinajstić information content (AvgIpc) is 3.28. The summed E-state index contributed by atoms with van der Waals surface area (Å²) in [5.74, 6) is -0.303. The van der Waals surface area contributed by atoms with Gasteiger partial charge in [-0.25, -0.2) is 8.42 Å². The number of hydrogen-bond acceptors (Lipinski definition) is 6. The van der Waals surface area contributed by atoms with Crippen LogP contribution in [0.1, 0.15) is 29.8 Å². The van der Waals surface area contributed by atoms with Gasteiger partial charge < -0.3 is 5.32 Å². The van der Waals surface area contributed by atoms with Crippen LogP contribution in [0.2, 0.25) is 0 Å². The summed E-state index contributed by atoms with van der Waals surface area (Å²) < 4.78 is 24.4. The molecule has 0 radical (unpaired) electrons. The number of likely N-dealkylation sites (tertiary alicyclic amines) is 1. The van der Waals surface area contributed by atoms with Gasteiger partial charge in [-0.2, -0.15) is 9.90 Å². The number of carbonyl (C=O) groups is 1. The molecule has 4 rings (SSSR count). The monoisotopic (exact) mass is 389 g/mol. The Morgan fingerprint density at radius 2 is 1.81 bits per heavy atom. The van der Waals surface area contributed by atoms with Crippen LogP contribution in [-0.4, -0.2) is 70.9 Å². The Bertz CT molecular complexity index is 906. The van der Waals surface area contributed by atoms with Crippen molar-refractivity contribution < 1.29 is 13.2 Å². The first-order chi connectivity index (χ1) is 13.0. The fourth-order valence-electron chi connectivity index (χ4n) is 3.87. The fourth-order valence-corrected chi connectivity index (χ4v) is 5.82. The minimum Gasteiger partial charge on any atom is -0.345 e. The summed E-state index contributed by atoms with van der Waals surface area (Å²) >= 11 is 0. The third-order valence-electron chi connectivity index (χ3n) is 5.21. The van der Waals surface area contributed by atoms with E-state index in [9.17, 15) is 13.2 Å². The molecule has 3 heterocycles. The van der Waals surface area contributed by atoms with Crippen molar-refractivity contribution in [2.24, 2.45) is 0 Å². The maximum Gasteiger partial charge on any atom is 0.273 e. The van der Waals surface area contributed by atoms with Crippen LogP contribution in [0, 0.1) is 0 Å². The lowest BCUT2D eigenvalue weighted by Crippen LogP contribution is -2.52. The Labute approximate surface area is 158 Å². The van der Waals surface area contributed by atoms with Crippen LogP contribution in [0.25, 0.3) is 5.69 Å². The lowest BCUT2D eigenvalue weighted by atomic mass is 10.0. The Morgan fingerprint density at radius 1 is 1.07 bits per heavy atom. The van der Waals surface area contributed by atoms with Crippen molar-refractivity contribution in [2.45, 2.75) is 31.3 Å². The second kappa shape index (κ2) is 7.40. The SMILES string of the molecule is O=C(N[C@H]1CS(=O)(=O)C[C@@H]1N1CCCCC1)c1cnn(-c2ccccc2)n1. The first-order valence-corrected chi connectivity index (χ1v) is 11.1. The minimum absolute atomic E-state index is 0.0211. The molecule has 2 atom stereocenters. The maximum atomic E-state index is 12.6. The van der Waals surface area contributed by atoms with E-state index in [1.54, 1.807) is 0 Å². The molecule has 0 aliphatic carbocycles. The maximum absolute atomic E-state index is 12.6. The predicted molar refractivity (Wildman–Crippen MR) is 100 cm³/mol. The third kappa shape index (κ3) is 4.03. The third-order valence-corrected chi connectivity index (χ3v) is 6.93. The molecule has 2 aliphatic rings. The molecule has 27 heavy (non-hydrogen) atoms. The lowest BCUT2D eigenvalue weighted by Gasteiger charge is -2.34. The highest BCUT2D eigenvalue weighted by molar-refractivity contribution is 7.91. The van der Waals surface area contributed by atoms with Gasteiger partial charge in [-0.1, -0.05) is 24.6 Å². The summed E-state index contributed by atoms with van der Waals surface area (Å²) in [6, 6.07) is 8.73. The van der Waals surface area contributed by atoms with Gasteiger partial charge in [0.15, 0.2) is 15.5 Å². The van der Waals surface area contributed by atoms with Crippen molar-refractivity contribution in [2.75, 3.05) is 24.6 Å². The zero-order valence-electron chi connectivity index (χ0n) is 15.0. The van der Waals surface area contributed by atoms with Crippen molar-refractivity contribution >= 4 is 15.7 Å². The van der Waals surface area contributed by atoms with Crippen molar-refractivity contribution in [1.82, 2.24) is 25.2 Å². The van der Waals surface area contributed by atoms with Crippen LogP contribution in [0.3, 0.4) is 0 Å². The van der Waals surface area contributed by atoms with Gasteiger partial charge in [0.25, 0.3) is 5.91 Å². The minimum atomic E-state index is -3.16. The summed E-state index contributed by atoms with van der Waals surface area (Å²) in [6.07, 6.45) is 4.72. The normalized spacial score (nSPS) is 25.3. The molecule has 0 saturated carbocycles. The number of para-hydroxylation sites is 1. The quantitative estimate of drug-likeness (QED) is 0.825. The van der Waals surface area contributed by atoms with Crippen molar-refractivity contribution in [3.05, 3.63) is 42.2 Å². The van der Waals surface area contributed by atoms with Crippen LogP contribution < -0.4 is 5.32 Å². The van der Waals surface area contributed by atoms with Gasteiger partial charge in [0.1, 0.15) is 0 Å². The zero-order valence-corrected chi connectivity index (χ0v) is 15.8. The van der Waals surface area contributed by atoms with E-state index in [1.165, 1.54) is 17.4 Å². The molecule has 2 aliphatic heterocycles. The molecule has 1 aromatic carbocycles. The number of nitrogens with one attached hydrogen (secondary N) is 1. The van der Waals surface area contributed by atoms with E-state index in [0.717, 1.165) is 31.6 Å². The first kappa shape index (κ1) is 18.1. The van der Waals surface area contributed by atoms with Crippen LogP contribution >= 0.6 is 0 Å². The predicted octanol–water partition coefficient (Wildman–Crippen LogP) is 0.649.